The largest absolute Gasteiger partial charge is 0.497 e. The quantitative estimate of drug-likeness (QED) is 0.701. The maximum Gasteiger partial charge on any atom is 0.277 e. The minimum Gasteiger partial charge on any atom is -0.497 e. The van der Waals surface area contributed by atoms with E-state index in [0.717, 1.165) is 6.42 Å². The third-order valence-corrected chi connectivity index (χ3v) is 6.24. The summed E-state index contributed by atoms with van der Waals surface area (Å²) < 4.78 is 16.3. The second-order valence-electron chi connectivity index (χ2n) is 7.17. The van der Waals surface area contributed by atoms with Crippen LogP contribution in [0.4, 0.5) is 0 Å². The van der Waals surface area contributed by atoms with Gasteiger partial charge in [0.05, 0.1) is 25.5 Å². The van der Waals surface area contributed by atoms with Crippen LogP contribution < -0.4 is 14.8 Å². The normalized spacial score (nSPS) is 21.9. The number of aromatic nitrogens is 2. The van der Waals surface area contributed by atoms with Gasteiger partial charge in [-0.1, -0.05) is 38.5 Å². The van der Waals surface area contributed by atoms with Gasteiger partial charge in [-0.15, -0.1) is 10.2 Å². The van der Waals surface area contributed by atoms with Crippen LogP contribution in [0.25, 0.3) is 11.5 Å². The highest BCUT2D eigenvalue weighted by atomic mass is 32.2. The molecule has 1 aliphatic rings. The zero-order chi connectivity index (χ0) is 20.1. The minimum atomic E-state index is -0.00210. The van der Waals surface area contributed by atoms with Gasteiger partial charge in [0.25, 0.3) is 11.1 Å². The molecular weight excluding hydrogens is 378 g/mol. The third-order valence-electron chi connectivity index (χ3n) is 5.43. The maximum atomic E-state index is 12.3. The Kier molecular flexibility index (Phi) is 6.83. The molecule has 1 N–H and O–H groups in total. The fourth-order valence-corrected chi connectivity index (χ4v) is 4.09. The highest BCUT2D eigenvalue weighted by molar-refractivity contribution is 7.99. The highest BCUT2D eigenvalue weighted by Crippen LogP contribution is 2.34. The lowest BCUT2D eigenvalue weighted by molar-refractivity contribution is -0.120. The molecule has 0 radical (unpaired) electrons. The first-order chi connectivity index (χ1) is 13.5. The molecule has 28 heavy (non-hydrogen) atoms. The van der Waals surface area contributed by atoms with Crippen molar-refractivity contribution >= 4 is 17.7 Å². The molecule has 0 spiro atoms. The van der Waals surface area contributed by atoms with Gasteiger partial charge in [0, 0.05) is 12.1 Å². The van der Waals surface area contributed by atoms with Gasteiger partial charge < -0.3 is 19.2 Å². The minimum absolute atomic E-state index is 0.00210. The first kappa shape index (κ1) is 20.5. The van der Waals surface area contributed by atoms with Gasteiger partial charge in [-0.25, -0.2) is 0 Å². The molecule has 7 nitrogen and oxygen atoms in total. The van der Waals surface area contributed by atoms with Crippen LogP contribution in [0, 0.1) is 11.8 Å². The number of thioether (sulfide) groups is 1. The third kappa shape index (κ3) is 4.79. The maximum absolute atomic E-state index is 12.3. The number of methoxy groups -OCH3 is 2. The fraction of sp³-hybridized carbons (Fsp3) is 0.550. The predicted molar refractivity (Wildman–Crippen MR) is 108 cm³/mol. The summed E-state index contributed by atoms with van der Waals surface area (Å²) in [5.74, 6) is 2.99. The van der Waals surface area contributed by atoms with E-state index < -0.39 is 0 Å². The Balaban J connectivity index is 1.58. The number of carbonyl (C=O) groups is 1. The second kappa shape index (κ2) is 9.32. The van der Waals surface area contributed by atoms with Crippen molar-refractivity contribution in [2.45, 2.75) is 44.4 Å². The molecule has 1 fully saturated rings. The van der Waals surface area contributed by atoms with Crippen molar-refractivity contribution in [1.82, 2.24) is 15.5 Å². The number of nitrogens with one attached hydrogen (secondary N) is 1. The van der Waals surface area contributed by atoms with Crippen molar-refractivity contribution in [3.8, 4) is 23.0 Å². The first-order valence-corrected chi connectivity index (χ1v) is 10.5. The van der Waals surface area contributed by atoms with E-state index in [4.69, 9.17) is 13.9 Å². The lowest BCUT2D eigenvalue weighted by atomic mass is 9.78. The molecule has 2 aromatic rings. The van der Waals surface area contributed by atoms with Crippen molar-refractivity contribution in [3.05, 3.63) is 18.2 Å². The van der Waals surface area contributed by atoms with E-state index in [1.807, 2.05) is 0 Å². The van der Waals surface area contributed by atoms with Crippen LogP contribution in [0.2, 0.25) is 0 Å². The smallest absolute Gasteiger partial charge is 0.277 e. The second-order valence-corrected chi connectivity index (χ2v) is 8.10. The van der Waals surface area contributed by atoms with E-state index in [1.54, 1.807) is 32.4 Å². The van der Waals surface area contributed by atoms with Crippen molar-refractivity contribution in [3.63, 3.8) is 0 Å². The first-order valence-electron chi connectivity index (χ1n) is 9.50. The molecule has 1 heterocycles. The number of carbonyl (C=O) groups excluding carboxylic acids is 1. The molecule has 1 amide bonds. The van der Waals surface area contributed by atoms with E-state index in [2.05, 4.69) is 29.4 Å². The summed E-state index contributed by atoms with van der Waals surface area (Å²) in [7, 11) is 3.16. The van der Waals surface area contributed by atoms with Gasteiger partial charge in [-0.2, -0.15) is 0 Å². The van der Waals surface area contributed by atoms with E-state index in [1.165, 1.54) is 24.6 Å². The topological polar surface area (TPSA) is 86.5 Å². The van der Waals surface area contributed by atoms with E-state index in [0.29, 0.717) is 40.0 Å². The van der Waals surface area contributed by atoms with E-state index in [9.17, 15) is 4.79 Å². The van der Waals surface area contributed by atoms with Crippen LogP contribution in [-0.4, -0.2) is 42.1 Å². The van der Waals surface area contributed by atoms with Gasteiger partial charge in [-0.05, 0) is 30.4 Å². The molecule has 3 rings (SSSR count). The zero-order valence-electron chi connectivity index (χ0n) is 16.7. The summed E-state index contributed by atoms with van der Waals surface area (Å²) >= 11 is 1.24. The number of hydrogen-bond donors (Lipinski definition) is 1. The summed E-state index contributed by atoms with van der Waals surface area (Å²) in [6.07, 6.45) is 3.45. The van der Waals surface area contributed by atoms with Gasteiger partial charge >= 0.3 is 0 Å². The van der Waals surface area contributed by atoms with E-state index >= 15 is 0 Å². The molecule has 1 aromatic heterocycles. The molecule has 0 bridgehead atoms. The molecule has 1 saturated carbocycles. The summed E-state index contributed by atoms with van der Waals surface area (Å²) in [5.41, 5.74) is 0.678. The molecular formula is C20H27N3O4S. The Bertz CT molecular complexity index is 810. The van der Waals surface area contributed by atoms with Crippen molar-refractivity contribution in [1.29, 1.82) is 0 Å². The van der Waals surface area contributed by atoms with Crippen LogP contribution in [0.5, 0.6) is 11.5 Å². The molecule has 152 valence electrons. The van der Waals surface area contributed by atoms with Crippen molar-refractivity contribution < 1.29 is 18.7 Å². The molecule has 0 aliphatic heterocycles. The van der Waals surface area contributed by atoms with Gasteiger partial charge in [0.1, 0.15) is 11.5 Å². The molecule has 1 aromatic carbocycles. The van der Waals surface area contributed by atoms with Gasteiger partial charge in [0.2, 0.25) is 5.91 Å². The van der Waals surface area contributed by atoms with Crippen LogP contribution in [0.15, 0.2) is 27.8 Å². The summed E-state index contributed by atoms with van der Waals surface area (Å²) in [4.78, 5) is 12.3. The molecule has 0 unspecified atom stereocenters. The van der Waals surface area contributed by atoms with E-state index in [-0.39, 0.29) is 17.7 Å². The predicted octanol–water partition coefficient (Wildman–Crippen LogP) is 3.79. The highest BCUT2D eigenvalue weighted by Gasteiger charge is 2.28. The fourth-order valence-electron chi connectivity index (χ4n) is 3.51. The standard InChI is InChI=1S/C20H27N3O4S/c1-12-6-5-7-16(13(12)2)21-18(24)11-28-20-23-22-19(27-20)15-9-8-14(25-3)10-17(15)26-4/h8-10,12-13,16H,5-7,11H2,1-4H3,(H,21,24)/t12-,13+,16-/m0/s1. The molecule has 8 heteroatoms. The van der Waals surface area contributed by atoms with Crippen molar-refractivity contribution in [2.24, 2.45) is 11.8 Å². The van der Waals surface area contributed by atoms with Crippen LogP contribution in [0.3, 0.4) is 0 Å². The number of hydrogen-bond acceptors (Lipinski definition) is 7. The van der Waals surface area contributed by atoms with Crippen LogP contribution >= 0.6 is 11.8 Å². The Hall–Kier alpha value is -2.22. The Morgan fingerprint density at radius 3 is 2.82 bits per heavy atom. The Labute approximate surface area is 169 Å². The molecule has 3 atom stereocenters. The Morgan fingerprint density at radius 1 is 1.25 bits per heavy atom. The Morgan fingerprint density at radius 2 is 2.07 bits per heavy atom. The summed E-state index contributed by atoms with van der Waals surface area (Å²) in [6.45, 7) is 4.47. The number of rotatable bonds is 7. The molecule has 0 saturated heterocycles. The lowest BCUT2D eigenvalue weighted by Crippen LogP contribution is -2.44. The SMILES string of the molecule is COc1ccc(-c2nnc(SCC(=O)N[C@H]3CCC[C@H](C)[C@H]3C)o2)c(OC)c1. The van der Waals surface area contributed by atoms with Crippen LogP contribution in [0.1, 0.15) is 33.1 Å². The number of ether oxygens (including phenoxy) is 2. The number of amides is 1. The van der Waals surface area contributed by atoms with Gasteiger partial charge in [0.15, 0.2) is 0 Å². The average molecular weight is 406 g/mol. The van der Waals surface area contributed by atoms with Gasteiger partial charge in [-0.3, -0.25) is 4.79 Å². The lowest BCUT2D eigenvalue weighted by Gasteiger charge is -2.34. The summed E-state index contributed by atoms with van der Waals surface area (Å²) in [6, 6.07) is 5.61. The number of nitrogens with zero attached hydrogens (tertiary/aromatic N) is 2. The molecule has 1 aliphatic carbocycles. The van der Waals surface area contributed by atoms with Crippen LogP contribution in [-0.2, 0) is 4.79 Å². The monoisotopic (exact) mass is 405 g/mol. The number of benzene rings is 1. The zero-order valence-corrected chi connectivity index (χ0v) is 17.5. The summed E-state index contributed by atoms with van der Waals surface area (Å²) in [5, 5.41) is 11.6. The average Bonchev–Trinajstić information content (AvgIpc) is 3.18. The van der Waals surface area contributed by atoms with Crippen molar-refractivity contribution in [2.75, 3.05) is 20.0 Å².